The smallest absolute Gasteiger partial charge is 0.264 e. The SMILES string of the molecule is Cc1nc2c(c(N[C@H]3CC[C@H](OS(C)(=O)=O)CC3)n1)OCC2. The molecular weight excluding hydrogens is 306 g/mol. The third-order valence-corrected chi connectivity index (χ3v) is 4.58. The summed E-state index contributed by atoms with van der Waals surface area (Å²) in [5.41, 5.74) is 0.962. The molecule has 1 saturated carbocycles. The molecule has 0 saturated heterocycles. The number of nitrogens with one attached hydrogen (secondary N) is 1. The number of nitrogens with zero attached hydrogens (tertiary/aromatic N) is 2. The molecular formula is C14H21N3O4S. The molecule has 0 bridgehead atoms. The molecule has 0 unspecified atom stereocenters. The Morgan fingerprint density at radius 2 is 1.95 bits per heavy atom. The highest BCUT2D eigenvalue weighted by atomic mass is 32.2. The highest BCUT2D eigenvalue weighted by Gasteiger charge is 2.27. The van der Waals surface area contributed by atoms with Gasteiger partial charge in [0, 0.05) is 12.5 Å². The van der Waals surface area contributed by atoms with Gasteiger partial charge in [0.15, 0.2) is 11.6 Å². The van der Waals surface area contributed by atoms with Crippen LogP contribution in [0.4, 0.5) is 5.82 Å². The van der Waals surface area contributed by atoms with Gasteiger partial charge >= 0.3 is 0 Å². The predicted octanol–water partition coefficient (Wildman–Crippen LogP) is 1.42. The van der Waals surface area contributed by atoms with Crippen molar-refractivity contribution in [3.05, 3.63) is 11.5 Å². The van der Waals surface area contributed by atoms with Crippen LogP contribution in [0.25, 0.3) is 0 Å². The minimum Gasteiger partial charge on any atom is -0.487 e. The molecule has 2 heterocycles. The molecule has 1 aliphatic heterocycles. The van der Waals surface area contributed by atoms with Gasteiger partial charge in [-0.05, 0) is 32.6 Å². The molecule has 8 heteroatoms. The van der Waals surface area contributed by atoms with E-state index in [0.29, 0.717) is 6.61 Å². The Bertz CT molecular complexity index is 654. The van der Waals surface area contributed by atoms with Crippen LogP contribution in [0.5, 0.6) is 5.75 Å². The lowest BCUT2D eigenvalue weighted by Gasteiger charge is -2.29. The molecule has 0 amide bonds. The average Bonchev–Trinajstić information content (AvgIpc) is 2.87. The van der Waals surface area contributed by atoms with E-state index in [2.05, 4.69) is 15.3 Å². The highest BCUT2D eigenvalue weighted by molar-refractivity contribution is 7.86. The summed E-state index contributed by atoms with van der Waals surface area (Å²) in [5, 5.41) is 3.42. The Hall–Kier alpha value is -1.41. The first-order chi connectivity index (χ1) is 10.4. The van der Waals surface area contributed by atoms with Gasteiger partial charge in [-0.3, -0.25) is 4.18 Å². The number of ether oxygens (including phenoxy) is 1. The van der Waals surface area contributed by atoms with Crippen LogP contribution >= 0.6 is 0 Å². The molecule has 7 nitrogen and oxygen atoms in total. The van der Waals surface area contributed by atoms with Crippen molar-refractivity contribution in [1.29, 1.82) is 0 Å². The molecule has 2 aliphatic rings. The summed E-state index contributed by atoms with van der Waals surface area (Å²) in [4.78, 5) is 8.84. The van der Waals surface area contributed by atoms with E-state index >= 15 is 0 Å². The van der Waals surface area contributed by atoms with Gasteiger partial charge in [-0.2, -0.15) is 8.42 Å². The number of hydrogen-bond donors (Lipinski definition) is 1. The molecule has 122 valence electrons. The van der Waals surface area contributed by atoms with Crippen molar-refractivity contribution in [1.82, 2.24) is 9.97 Å². The largest absolute Gasteiger partial charge is 0.487 e. The Morgan fingerprint density at radius 1 is 1.23 bits per heavy atom. The quantitative estimate of drug-likeness (QED) is 0.836. The molecule has 0 atom stereocenters. The zero-order valence-corrected chi connectivity index (χ0v) is 13.6. The van der Waals surface area contributed by atoms with Crippen LogP contribution in [0, 0.1) is 6.92 Å². The standard InChI is InChI=1S/C14H21N3O4S/c1-9-15-12-7-8-20-13(12)14(16-9)17-10-3-5-11(6-4-10)21-22(2,18)19/h10-11H,3-8H2,1-2H3,(H,15,16,17)/t10-,11-. The summed E-state index contributed by atoms with van der Waals surface area (Å²) in [7, 11) is -3.37. The van der Waals surface area contributed by atoms with Crippen molar-refractivity contribution < 1.29 is 17.3 Å². The Balaban J connectivity index is 1.62. The molecule has 1 aromatic heterocycles. The highest BCUT2D eigenvalue weighted by Crippen LogP contribution is 2.33. The first-order valence-electron chi connectivity index (χ1n) is 7.56. The predicted molar refractivity (Wildman–Crippen MR) is 81.6 cm³/mol. The van der Waals surface area contributed by atoms with Gasteiger partial charge < -0.3 is 10.1 Å². The van der Waals surface area contributed by atoms with Crippen molar-refractivity contribution in [3.63, 3.8) is 0 Å². The molecule has 0 radical (unpaired) electrons. The zero-order chi connectivity index (χ0) is 15.7. The van der Waals surface area contributed by atoms with E-state index in [1.807, 2.05) is 6.92 Å². The van der Waals surface area contributed by atoms with Crippen molar-refractivity contribution >= 4 is 15.9 Å². The number of aromatic nitrogens is 2. The van der Waals surface area contributed by atoms with Crippen LogP contribution < -0.4 is 10.1 Å². The Labute approximate surface area is 130 Å². The second-order valence-corrected chi connectivity index (χ2v) is 7.51. The van der Waals surface area contributed by atoms with Crippen LogP contribution in [0.3, 0.4) is 0 Å². The van der Waals surface area contributed by atoms with Crippen molar-refractivity contribution in [2.45, 2.75) is 51.2 Å². The fourth-order valence-corrected chi connectivity index (χ4v) is 3.72. The third-order valence-electron chi connectivity index (χ3n) is 3.96. The van der Waals surface area contributed by atoms with E-state index in [1.165, 1.54) is 0 Å². The van der Waals surface area contributed by atoms with E-state index < -0.39 is 10.1 Å². The second kappa shape index (κ2) is 6.00. The van der Waals surface area contributed by atoms with Crippen molar-refractivity contribution in [2.75, 3.05) is 18.2 Å². The van der Waals surface area contributed by atoms with Gasteiger partial charge in [0.05, 0.1) is 24.7 Å². The summed E-state index contributed by atoms with van der Waals surface area (Å²) in [6.45, 7) is 2.53. The van der Waals surface area contributed by atoms with Gasteiger partial charge in [-0.15, -0.1) is 0 Å². The molecule has 0 aromatic carbocycles. The molecule has 1 N–H and O–H groups in total. The van der Waals surface area contributed by atoms with Gasteiger partial charge in [0.25, 0.3) is 10.1 Å². The Morgan fingerprint density at radius 3 is 2.64 bits per heavy atom. The lowest BCUT2D eigenvalue weighted by Crippen LogP contribution is -2.31. The Kier molecular flexibility index (Phi) is 4.22. The maximum absolute atomic E-state index is 11.2. The maximum Gasteiger partial charge on any atom is 0.264 e. The third kappa shape index (κ3) is 3.67. The molecule has 0 spiro atoms. The molecule has 3 rings (SSSR count). The summed E-state index contributed by atoms with van der Waals surface area (Å²) in [6.07, 6.45) is 4.84. The molecule has 22 heavy (non-hydrogen) atoms. The van der Waals surface area contributed by atoms with Gasteiger partial charge in [-0.25, -0.2) is 9.97 Å². The average molecular weight is 327 g/mol. The number of aryl methyl sites for hydroxylation is 1. The summed E-state index contributed by atoms with van der Waals surface area (Å²) < 4.78 is 33.0. The van der Waals surface area contributed by atoms with E-state index in [0.717, 1.165) is 61.4 Å². The number of anilines is 1. The topological polar surface area (TPSA) is 90.4 Å². The van der Waals surface area contributed by atoms with Gasteiger partial charge in [0.1, 0.15) is 5.82 Å². The maximum atomic E-state index is 11.2. The molecule has 1 fully saturated rings. The monoisotopic (exact) mass is 327 g/mol. The lowest BCUT2D eigenvalue weighted by molar-refractivity contribution is 0.158. The van der Waals surface area contributed by atoms with Crippen LogP contribution in [-0.2, 0) is 20.7 Å². The van der Waals surface area contributed by atoms with Crippen LogP contribution in [-0.4, -0.2) is 43.4 Å². The van der Waals surface area contributed by atoms with E-state index in [1.54, 1.807) is 0 Å². The minimum atomic E-state index is -3.37. The lowest BCUT2D eigenvalue weighted by atomic mass is 9.93. The molecule has 1 aromatic rings. The minimum absolute atomic E-state index is 0.206. The normalized spacial score (nSPS) is 24.6. The fraction of sp³-hybridized carbons (Fsp3) is 0.714. The number of fused-ring (bicyclic) bond motifs is 1. The van der Waals surface area contributed by atoms with Crippen molar-refractivity contribution in [3.8, 4) is 5.75 Å². The van der Waals surface area contributed by atoms with Crippen LogP contribution in [0.15, 0.2) is 0 Å². The van der Waals surface area contributed by atoms with Gasteiger partial charge in [0.2, 0.25) is 0 Å². The van der Waals surface area contributed by atoms with Crippen LogP contribution in [0.2, 0.25) is 0 Å². The van der Waals surface area contributed by atoms with Gasteiger partial charge in [-0.1, -0.05) is 0 Å². The number of rotatable bonds is 4. The van der Waals surface area contributed by atoms with E-state index in [4.69, 9.17) is 8.92 Å². The zero-order valence-electron chi connectivity index (χ0n) is 12.8. The van der Waals surface area contributed by atoms with Crippen molar-refractivity contribution in [2.24, 2.45) is 0 Å². The molecule has 1 aliphatic carbocycles. The van der Waals surface area contributed by atoms with E-state index in [9.17, 15) is 8.42 Å². The summed E-state index contributed by atoms with van der Waals surface area (Å²) in [5.74, 6) is 2.26. The first-order valence-corrected chi connectivity index (χ1v) is 9.37. The second-order valence-electron chi connectivity index (χ2n) is 5.91. The van der Waals surface area contributed by atoms with E-state index in [-0.39, 0.29) is 12.1 Å². The van der Waals surface area contributed by atoms with Crippen LogP contribution in [0.1, 0.15) is 37.2 Å². The fourth-order valence-electron chi connectivity index (χ4n) is 3.03. The first kappa shape index (κ1) is 15.5. The summed E-state index contributed by atoms with van der Waals surface area (Å²) >= 11 is 0. The summed E-state index contributed by atoms with van der Waals surface area (Å²) in [6, 6.07) is 0.252. The number of hydrogen-bond acceptors (Lipinski definition) is 7.